The number of nitrogens with zero attached hydrogens (tertiary/aromatic N) is 1. The summed E-state index contributed by atoms with van der Waals surface area (Å²) in [5, 5.41) is 3.40. The Bertz CT molecular complexity index is 521. The monoisotopic (exact) mass is 294 g/mol. The van der Waals surface area contributed by atoms with Crippen LogP contribution in [0, 0.1) is 23.5 Å². The minimum Gasteiger partial charge on any atom is -0.342 e. The molecule has 0 aliphatic carbocycles. The fourth-order valence-corrected chi connectivity index (χ4v) is 3.41. The van der Waals surface area contributed by atoms with Crippen molar-refractivity contribution in [1.29, 1.82) is 0 Å². The molecule has 3 nitrogen and oxygen atoms in total. The predicted molar refractivity (Wildman–Crippen MR) is 75.7 cm³/mol. The fourth-order valence-electron chi connectivity index (χ4n) is 3.41. The number of amides is 1. The van der Waals surface area contributed by atoms with Crippen LogP contribution in [-0.2, 0) is 11.2 Å². The fraction of sp³-hybridized carbons (Fsp3) is 0.562. The Morgan fingerprint density at radius 2 is 1.86 bits per heavy atom. The molecule has 2 fully saturated rings. The molecule has 2 saturated heterocycles. The topological polar surface area (TPSA) is 32.3 Å². The Balaban J connectivity index is 1.62. The maximum absolute atomic E-state index is 13.6. The lowest BCUT2D eigenvalue weighted by Crippen LogP contribution is -2.34. The summed E-state index contributed by atoms with van der Waals surface area (Å²) in [4.78, 5) is 14.2. The minimum atomic E-state index is -0.640. The summed E-state index contributed by atoms with van der Waals surface area (Å²) in [6, 6.07) is 3.39. The molecule has 0 spiro atoms. The first-order valence-electron chi connectivity index (χ1n) is 7.56. The predicted octanol–water partition coefficient (Wildman–Crippen LogP) is 1.97. The van der Waals surface area contributed by atoms with Gasteiger partial charge in [-0.05, 0) is 49.4 Å². The van der Waals surface area contributed by atoms with Crippen LogP contribution in [0.25, 0.3) is 0 Å². The molecule has 0 unspecified atom stereocenters. The molecule has 21 heavy (non-hydrogen) atoms. The molecule has 0 aromatic heterocycles. The first kappa shape index (κ1) is 14.4. The standard InChI is InChI=1S/C16H20F2N2O/c17-14-2-1-11(15(18)8-14)7-16(21)20-5-3-12-9-19-10-13(12)4-6-20/h1-2,8,12-13,19H,3-7,9-10H2/t12-,13+. The number of hydrogen-bond acceptors (Lipinski definition) is 2. The number of nitrogens with one attached hydrogen (secondary N) is 1. The van der Waals surface area contributed by atoms with Crippen molar-refractivity contribution < 1.29 is 13.6 Å². The van der Waals surface area contributed by atoms with Crippen LogP contribution in [0.15, 0.2) is 18.2 Å². The average Bonchev–Trinajstić information content (AvgIpc) is 2.80. The zero-order chi connectivity index (χ0) is 14.8. The molecule has 3 rings (SSSR count). The number of likely N-dealkylation sites (tertiary alicyclic amines) is 1. The Morgan fingerprint density at radius 1 is 1.19 bits per heavy atom. The molecule has 2 aliphatic heterocycles. The molecular formula is C16H20F2N2O. The normalized spacial score (nSPS) is 25.5. The van der Waals surface area contributed by atoms with Gasteiger partial charge in [-0.25, -0.2) is 8.78 Å². The molecule has 1 N–H and O–H groups in total. The zero-order valence-electron chi connectivity index (χ0n) is 11.9. The molecule has 114 valence electrons. The van der Waals surface area contributed by atoms with E-state index in [4.69, 9.17) is 0 Å². The van der Waals surface area contributed by atoms with E-state index < -0.39 is 11.6 Å². The lowest BCUT2D eigenvalue weighted by Gasteiger charge is -2.21. The number of fused-ring (bicyclic) bond motifs is 1. The molecule has 1 amide bonds. The SMILES string of the molecule is O=C(Cc1ccc(F)cc1F)N1CC[C@@H]2CNC[C@@H]2CC1. The summed E-state index contributed by atoms with van der Waals surface area (Å²) in [5.74, 6) is 0.00203. The second-order valence-electron chi connectivity index (χ2n) is 6.05. The average molecular weight is 294 g/mol. The second kappa shape index (κ2) is 6.10. The van der Waals surface area contributed by atoms with Crippen molar-refractivity contribution in [3.63, 3.8) is 0 Å². The van der Waals surface area contributed by atoms with E-state index in [1.54, 1.807) is 0 Å². The number of halogens is 2. The minimum absolute atomic E-state index is 0.0136. The number of benzene rings is 1. The van der Waals surface area contributed by atoms with Crippen molar-refractivity contribution in [2.24, 2.45) is 11.8 Å². The van der Waals surface area contributed by atoms with Crippen molar-refractivity contribution in [2.75, 3.05) is 26.2 Å². The molecule has 0 radical (unpaired) electrons. The zero-order valence-corrected chi connectivity index (χ0v) is 11.9. The third-order valence-corrected chi connectivity index (χ3v) is 4.73. The van der Waals surface area contributed by atoms with Crippen LogP contribution in [0.1, 0.15) is 18.4 Å². The van der Waals surface area contributed by atoms with Gasteiger partial charge in [0.15, 0.2) is 0 Å². The summed E-state index contributed by atoms with van der Waals surface area (Å²) in [6.45, 7) is 3.56. The molecule has 0 saturated carbocycles. The van der Waals surface area contributed by atoms with Gasteiger partial charge in [0.25, 0.3) is 0 Å². The van der Waals surface area contributed by atoms with E-state index in [2.05, 4.69) is 5.32 Å². The van der Waals surface area contributed by atoms with Crippen LogP contribution in [0.3, 0.4) is 0 Å². The summed E-state index contributed by atoms with van der Waals surface area (Å²) in [5.41, 5.74) is 0.271. The third-order valence-electron chi connectivity index (χ3n) is 4.73. The van der Waals surface area contributed by atoms with Crippen LogP contribution < -0.4 is 5.32 Å². The number of carbonyl (C=O) groups is 1. The van der Waals surface area contributed by atoms with Crippen molar-refractivity contribution in [3.8, 4) is 0 Å². The lowest BCUT2D eigenvalue weighted by molar-refractivity contribution is -0.130. The van der Waals surface area contributed by atoms with Crippen molar-refractivity contribution >= 4 is 5.91 Å². The van der Waals surface area contributed by atoms with Gasteiger partial charge in [0.1, 0.15) is 11.6 Å². The van der Waals surface area contributed by atoms with Gasteiger partial charge < -0.3 is 10.2 Å². The van der Waals surface area contributed by atoms with E-state index in [9.17, 15) is 13.6 Å². The quantitative estimate of drug-likeness (QED) is 0.904. The van der Waals surface area contributed by atoms with Gasteiger partial charge in [0, 0.05) is 19.2 Å². The third kappa shape index (κ3) is 3.23. The Morgan fingerprint density at radius 3 is 2.48 bits per heavy atom. The van der Waals surface area contributed by atoms with Gasteiger partial charge in [0.2, 0.25) is 5.91 Å². The van der Waals surface area contributed by atoms with E-state index in [0.717, 1.165) is 45.1 Å². The van der Waals surface area contributed by atoms with Crippen molar-refractivity contribution in [1.82, 2.24) is 10.2 Å². The number of carbonyl (C=O) groups excluding carboxylic acids is 1. The van der Waals surface area contributed by atoms with Crippen LogP contribution >= 0.6 is 0 Å². The van der Waals surface area contributed by atoms with Crippen molar-refractivity contribution in [3.05, 3.63) is 35.4 Å². The highest BCUT2D eigenvalue weighted by atomic mass is 19.1. The highest BCUT2D eigenvalue weighted by Crippen LogP contribution is 2.27. The second-order valence-corrected chi connectivity index (χ2v) is 6.05. The van der Waals surface area contributed by atoms with Crippen molar-refractivity contribution in [2.45, 2.75) is 19.3 Å². The number of rotatable bonds is 2. The van der Waals surface area contributed by atoms with Gasteiger partial charge in [-0.2, -0.15) is 0 Å². The van der Waals surface area contributed by atoms with Crippen LogP contribution in [0.4, 0.5) is 8.78 Å². The molecule has 2 aliphatic rings. The maximum Gasteiger partial charge on any atom is 0.227 e. The first-order valence-corrected chi connectivity index (χ1v) is 7.56. The summed E-state index contributed by atoms with van der Waals surface area (Å²) >= 11 is 0. The number of hydrogen-bond donors (Lipinski definition) is 1. The summed E-state index contributed by atoms with van der Waals surface area (Å²) < 4.78 is 26.5. The van der Waals surface area contributed by atoms with Gasteiger partial charge in [-0.1, -0.05) is 6.07 Å². The molecule has 2 heterocycles. The van der Waals surface area contributed by atoms with Gasteiger partial charge >= 0.3 is 0 Å². The Labute approximate surface area is 123 Å². The van der Waals surface area contributed by atoms with E-state index in [0.29, 0.717) is 11.8 Å². The van der Waals surface area contributed by atoms with Gasteiger partial charge in [0.05, 0.1) is 6.42 Å². The maximum atomic E-state index is 13.6. The Kier molecular flexibility index (Phi) is 4.19. The molecule has 0 bridgehead atoms. The molecule has 1 aromatic carbocycles. The van der Waals surface area contributed by atoms with Crippen LogP contribution in [0.2, 0.25) is 0 Å². The summed E-state index contributed by atoms with van der Waals surface area (Å²) in [6.07, 6.45) is 2.03. The van der Waals surface area contributed by atoms with E-state index in [1.807, 2.05) is 4.90 Å². The smallest absolute Gasteiger partial charge is 0.227 e. The molecule has 2 atom stereocenters. The van der Waals surface area contributed by atoms with E-state index in [-0.39, 0.29) is 17.9 Å². The van der Waals surface area contributed by atoms with Crippen LogP contribution in [-0.4, -0.2) is 37.0 Å². The highest BCUT2D eigenvalue weighted by Gasteiger charge is 2.31. The lowest BCUT2D eigenvalue weighted by atomic mass is 9.92. The van der Waals surface area contributed by atoms with Crippen LogP contribution in [0.5, 0.6) is 0 Å². The van der Waals surface area contributed by atoms with E-state index >= 15 is 0 Å². The highest BCUT2D eigenvalue weighted by molar-refractivity contribution is 5.78. The largest absolute Gasteiger partial charge is 0.342 e. The molecule has 5 heteroatoms. The summed E-state index contributed by atoms with van der Waals surface area (Å²) in [7, 11) is 0. The molecular weight excluding hydrogens is 274 g/mol. The molecule has 1 aromatic rings. The van der Waals surface area contributed by atoms with E-state index in [1.165, 1.54) is 12.1 Å². The van der Waals surface area contributed by atoms with Gasteiger partial charge in [-0.15, -0.1) is 0 Å². The van der Waals surface area contributed by atoms with Gasteiger partial charge in [-0.3, -0.25) is 4.79 Å². The first-order chi connectivity index (χ1) is 10.1. The Hall–Kier alpha value is -1.49.